The van der Waals surface area contributed by atoms with Gasteiger partial charge in [0.1, 0.15) is 11.7 Å². The first kappa shape index (κ1) is 18.9. The maximum absolute atomic E-state index is 6.57. The molecule has 2 aliphatic rings. The van der Waals surface area contributed by atoms with E-state index in [0.29, 0.717) is 28.2 Å². The van der Waals surface area contributed by atoms with Crippen LogP contribution in [0.3, 0.4) is 0 Å². The molecule has 8 heteroatoms. The van der Waals surface area contributed by atoms with Gasteiger partial charge in [0.2, 0.25) is 5.95 Å². The van der Waals surface area contributed by atoms with E-state index in [0.717, 1.165) is 50.6 Å². The molecule has 0 N–H and O–H groups in total. The van der Waals surface area contributed by atoms with Crippen LogP contribution in [0.2, 0.25) is 5.15 Å². The van der Waals surface area contributed by atoms with Gasteiger partial charge in [-0.25, -0.2) is 15.0 Å². The van der Waals surface area contributed by atoms with Gasteiger partial charge in [-0.3, -0.25) is 4.57 Å². The molecule has 3 aromatic rings. The highest BCUT2D eigenvalue weighted by molar-refractivity contribution is 6.33. The Morgan fingerprint density at radius 2 is 2.10 bits per heavy atom. The van der Waals surface area contributed by atoms with Crippen LogP contribution in [0.5, 0.6) is 0 Å². The van der Waals surface area contributed by atoms with E-state index in [1.54, 1.807) is 6.26 Å². The maximum atomic E-state index is 6.57. The summed E-state index contributed by atoms with van der Waals surface area (Å²) < 4.78 is 13.8. The minimum Gasteiger partial charge on any atom is -0.461 e. The van der Waals surface area contributed by atoms with Gasteiger partial charge in [-0.05, 0) is 50.2 Å². The molecule has 0 amide bonds. The number of nitrogens with zero attached hydrogens (tertiary/aromatic N) is 5. The van der Waals surface area contributed by atoms with Crippen molar-refractivity contribution in [1.29, 1.82) is 0 Å². The molecule has 0 spiro atoms. The second kappa shape index (κ2) is 7.95. The minimum absolute atomic E-state index is 0.0822. The molecule has 0 saturated carbocycles. The molecule has 2 unspecified atom stereocenters. The Hall–Kier alpha value is -2.12. The highest BCUT2D eigenvalue weighted by Crippen LogP contribution is 2.36. The van der Waals surface area contributed by atoms with Crippen LogP contribution in [0.25, 0.3) is 22.7 Å². The third-order valence-electron chi connectivity index (χ3n) is 6.04. The summed E-state index contributed by atoms with van der Waals surface area (Å²) in [6, 6.07) is 3.66. The molecule has 3 aromatic heterocycles. The molecule has 5 heterocycles. The van der Waals surface area contributed by atoms with Gasteiger partial charge in [0.15, 0.2) is 22.4 Å². The number of hydrogen-bond donors (Lipinski definition) is 0. The van der Waals surface area contributed by atoms with E-state index in [4.69, 9.17) is 30.7 Å². The molecule has 2 saturated heterocycles. The normalized spacial score (nSPS) is 23.0. The molecule has 0 aliphatic carbocycles. The fourth-order valence-electron chi connectivity index (χ4n) is 4.44. The van der Waals surface area contributed by atoms with Crippen LogP contribution in [0.4, 0.5) is 5.95 Å². The molecule has 5 rings (SSSR count). The third-order valence-corrected chi connectivity index (χ3v) is 6.31. The van der Waals surface area contributed by atoms with Crippen LogP contribution in [0.15, 0.2) is 22.8 Å². The van der Waals surface area contributed by atoms with Crippen LogP contribution in [-0.4, -0.2) is 39.2 Å². The maximum Gasteiger partial charge on any atom is 0.210 e. The van der Waals surface area contributed by atoms with Gasteiger partial charge in [0.25, 0.3) is 0 Å². The molecule has 154 valence electrons. The first-order valence-corrected chi connectivity index (χ1v) is 11.0. The summed E-state index contributed by atoms with van der Waals surface area (Å²) in [4.78, 5) is 16.6. The van der Waals surface area contributed by atoms with E-state index < -0.39 is 0 Å². The monoisotopic (exact) mass is 415 g/mol. The average molecular weight is 416 g/mol. The number of aromatic nitrogens is 4. The lowest BCUT2D eigenvalue weighted by atomic mass is 9.96. The van der Waals surface area contributed by atoms with E-state index in [2.05, 4.69) is 21.4 Å². The zero-order valence-corrected chi connectivity index (χ0v) is 17.4. The standard InChI is InChI=1S/C21H26ClN5O2/c1-2-14-7-5-10-26(13-14)21-23-17-18(22)24-19(15-8-6-12-28-15)25-20(17)27(21)16-9-3-4-11-29-16/h6,8,12,14,16H,2-5,7,9-11,13H2,1H3. The summed E-state index contributed by atoms with van der Waals surface area (Å²) in [5.74, 6) is 2.65. The summed E-state index contributed by atoms with van der Waals surface area (Å²) in [6.45, 7) is 5.01. The van der Waals surface area contributed by atoms with Crippen LogP contribution in [0.1, 0.15) is 51.7 Å². The van der Waals surface area contributed by atoms with Crippen molar-refractivity contribution in [3.63, 3.8) is 0 Å². The Bertz CT molecular complexity index is 981. The lowest BCUT2D eigenvalue weighted by molar-refractivity contribution is -0.0290. The van der Waals surface area contributed by atoms with Crippen LogP contribution >= 0.6 is 11.6 Å². The summed E-state index contributed by atoms with van der Waals surface area (Å²) in [5, 5.41) is 0.348. The predicted molar refractivity (Wildman–Crippen MR) is 112 cm³/mol. The second-order valence-corrected chi connectivity index (χ2v) is 8.31. The van der Waals surface area contributed by atoms with Crippen LogP contribution in [0, 0.1) is 5.92 Å². The van der Waals surface area contributed by atoms with Crippen molar-refractivity contribution >= 4 is 28.7 Å². The number of furan rings is 1. The SMILES string of the molecule is CCC1CCCN(c2nc3c(Cl)nc(-c4ccco4)nc3n2C2CCCCO2)C1. The van der Waals surface area contributed by atoms with Gasteiger partial charge in [-0.2, -0.15) is 0 Å². The fourth-order valence-corrected chi connectivity index (χ4v) is 4.65. The lowest BCUT2D eigenvalue weighted by Gasteiger charge is -2.35. The molecule has 7 nitrogen and oxygen atoms in total. The largest absolute Gasteiger partial charge is 0.461 e. The number of fused-ring (bicyclic) bond motifs is 1. The first-order chi connectivity index (χ1) is 14.2. The average Bonchev–Trinajstić information content (AvgIpc) is 3.43. The number of rotatable bonds is 4. The fraction of sp³-hybridized carbons (Fsp3) is 0.571. The van der Waals surface area contributed by atoms with Gasteiger partial charge in [0, 0.05) is 19.7 Å². The summed E-state index contributed by atoms with van der Waals surface area (Å²) in [5.41, 5.74) is 1.35. The minimum atomic E-state index is -0.0822. The summed E-state index contributed by atoms with van der Waals surface area (Å²) in [7, 11) is 0. The highest BCUT2D eigenvalue weighted by atomic mass is 35.5. The molecule has 0 aromatic carbocycles. The van der Waals surface area contributed by atoms with E-state index in [1.165, 1.54) is 19.3 Å². The van der Waals surface area contributed by atoms with E-state index >= 15 is 0 Å². The molecular formula is C21H26ClN5O2. The van der Waals surface area contributed by atoms with E-state index in [9.17, 15) is 0 Å². The third kappa shape index (κ3) is 3.51. The molecule has 29 heavy (non-hydrogen) atoms. The van der Waals surface area contributed by atoms with Gasteiger partial charge in [-0.1, -0.05) is 24.9 Å². The molecule has 0 radical (unpaired) electrons. The second-order valence-electron chi connectivity index (χ2n) is 7.95. The number of piperidine rings is 1. The van der Waals surface area contributed by atoms with Crippen LogP contribution < -0.4 is 4.90 Å². The summed E-state index contributed by atoms with van der Waals surface area (Å²) >= 11 is 6.57. The molecule has 2 aliphatic heterocycles. The molecular weight excluding hydrogens is 390 g/mol. The highest BCUT2D eigenvalue weighted by Gasteiger charge is 2.30. The quantitative estimate of drug-likeness (QED) is 0.554. The Morgan fingerprint density at radius 1 is 1.17 bits per heavy atom. The van der Waals surface area contributed by atoms with Crippen molar-refractivity contribution in [1.82, 2.24) is 19.5 Å². The zero-order valence-electron chi connectivity index (χ0n) is 16.7. The first-order valence-electron chi connectivity index (χ1n) is 10.6. The van der Waals surface area contributed by atoms with Gasteiger partial charge < -0.3 is 14.1 Å². The zero-order chi connectivity index (χ0) is 19.8. The van der Waals surface area contributed by atoms with Gasteiger partial charge >= 0.3 is 0 Å². The number of hydrogen-bond acceptors (Lipinski definition) is 6. The van der Waals surface area contributed by atoms with Crippen LogP contribution in [-0.2, 0) is 4.74 Å². The number of anilines is 1. The summed E-state index contributed by atoms with van der Waals surface area (Å²) in [6.07, 6.45) is 8.32. The van der Waals surface area contributed by atoms with Gasteiger partial charge in [-0.15, -0.1) is 0 Å². The lowest BCUT2D eigenvalue weighted by Crippen LogP contribution is -2.37. The molecule has 2 atom stereocenters. The van der Waals surface area contributed by atoms with Crippen molar-refractivity contribution in [2.45, 2.75) is 51.7 Å². The number of imidazole rings is 1. The van der Waals surface area contributed by atoms with Crippen molar-refractivity contribution in [2.75, 3.05) is 24.6 Å². The number of ether oxygens (including phenoxy) is 1. The molecule has 0 bridgehead atoms. The number of halogens is 1. The Morgan fingerprint density at radius 3 is 2.86 bits per heavy atom. The van der Waals surface area contributed by atoms with E-state index in [-0.39, 0.29) is 6.23 Å². The molecule has 2 fully saturated rings. The van der Waals surface area contributed by atoms with Crippen molar-refractivity contribution in [2.24, 2.45) is 5.92 Å². The topological polar surface area (TPSA) is 69.2 Å². The van der Waals surface area contributed by atoms with Crippen molar-refractivity contribution in [3.8, 4) is 11.6 Å². The Kier molecular flexibility index (Phi) is 5.18. The van der Waals surface area contributed by atoms with E-state index in [1.807, 2.05) is 12.1 Å². The Labute approximate surface area is 175 Å². The smallest absolute Gasteiger partial charge is 0.210 e. The van der Waals surface area contributed by atoms with Crippen molar-refractivity contribution in [3.05, 3.63) is 23.5 Å². The predicted octanol–water partition coefficient (Wildman–Crippen LogP) is 5.07. The van der Waals surface area contributed by atoms with Gasteiger partial charge in [0.05, 0.1) is 6.26 Å². The Balaban J connectivity index is 1.66. The van der Waals surface area contributed by atoms with Crippen molar-refractivity contribution < 1.29 is 9.15 Å².